The number of fused-ring (bicyclic) bond motifs is 1. The number of halogens is 3. The summed E-state index contributed by atoms with van der Waals surface area (Å²) in [5, 5.41) is 7.75. The van der Waals surface area contributed by atoms with Crippen LogP contribution in [0.1, 0.15) is 19.7 Å². The van der Waals surface area contributed by atoms with Crippen LogP contribution in [0.4, 0.5) is 5.82 Å². The molecule has 0 aliphatic carbocycles. The van der Waals surface area contributed by atoms with Crippen molar-refractivity contribution in [1.82, 2.24) is 24.6 Å². The maximum absolute atomic E-state index is 6.43. The molecule has 0 aliphatic rings. The molecule has 0 saturated heterocycles. The molecular formula is C17H18Cl3N5S+. The van der Waals surface area contributed by atoms with Crippen LogP contribution < -0.4 is 4.90 Å². The van der Waals surface area contributed by atoms with Gasteiger partial charge >= 0.3 is 0 Å². The van der Waals surface area contributed by atoms with Crippen molar-refractivity contribution in [3.8, 4) is 5.69 Å². The van der Waals surface area contributed by atoms with E-state index >= 15 is 0 Å². The Labute approximate surface area is 171 Å². The fourth-order valence-electron chi connectivity index (χ4n) is 2.86. The Kier molecular flexibility index (Phi) is 5.99. The van der Waals surface area contributed by atoms with E-state index in [9.17, 15) is 0 Å². The summed E-state index contributed by atoms with van der Waals surface area (Å²) in [6.07, 6.45) is 1.98. The first-order valence-electron chi connectivity index (χ1n) is 8.12. The van der Waals surface area contributed by atoms with Gasteiger partial charge < -0.3 is 0 Å². The van der Waals surface area contributed by atoms with Gasteiger partial charge in [0.1, 0.15) is 35.0 Å². The summed E-state index contributed by atoms with van der Waals surface area (Å²) in [7, 11) is 0. The second-order valence-corrected chi connectivity index (χ2v) is 7.65. The quantitative estimate of drug-likeness (QED) is 0.389. The lowest BCUT2D eigenvalue weighted by Crippen LogP contribution is -2.25. The van der Waals surface area contributed by atoms with Crippen LogP contribution in [0.5, 0.6) is 0 Å². The highest BCUT2D eigenvalue weighted by molar-refractivity contribution is 7.98. The Bertz CT molecular complexity index is 946. The highest BCUT2D eigenvalue weighted by atomic mass is 35.5. The average Bonchev–Trinajstić information content (AvgIpc) is 2.93. The van der Waals surface area contributed by atoms with E-state index in [-0.39, 0.29) is 0 Å². The van der Waals surface area contributed by atoms with Crippen LogP contribution in [0.25, 0.3) is 16.7 Å². The van der Waals surface area contributed by atoms with Gasteiger partial charge in [-0.3, -0.25) is 0 Å². The molecule has 9 heteroatoms. The van der Waals surface area contributed by atoms with E-state index in [1.54, 1.807) is 16.8 Å². The molecule has 0 unspecified atom stereocenters. The van der Waals surface area contributed by atoms with Crippen molar-refractivity contribution in [2.24, 2.45) is 0 Å². The molecule has 3 rings (SSSR count). The number of anilines is 1. The van der Waals surface area contributed by atoms with Gasteiger partial charge in [-0.2, -0.15) is 10.1 Å². The molecule has 2 heterocycles. The molecular weight excluding hydrogens is 413 g/mol. The Hall–Kier alpha value is -1.05. The van der Waals surface area contributed by atoms with Crippen LogP contribution in [0.15, 0.2) is 17.2 Å². The lowest BCUT2D eigenvalue weighted by atomic mass is 10.3. The summed E-state index contributed by atoms with van der Waals surface area (Å²) in [5.41, 5.74) is 1.24. The summed E-state index contributed by atoms with van der Waals surface area (Å²) in [6, 6.07) is 3.30. The second kappa shape index (κ2) is 7.90. The summed E-state index contributed by atoms with van der Waals surface area (Å²) >= 11 is 20.4. The van der Waals surface area contributed by atoms with Crippen molar-refractivity contribution < 1.29 is 0 Å². The molecule has 0 aliphatic heterocycles. The molecule has 0 spiro atoms. The molecule has 0 atom stereocenters. The van der Waals surface area contributed by atoms with Gasteiger partial charge in [0.25, 0.3) is 5.82 Å². The fourth-order valence-corrected chi connectivity index (χ4v) is 4.39. The maximum Gasteiger partial charge on any atom is 0.291 e. The Balaban J connectivity index is 2.40. The maximum atomic E-state index is 6.43. The first-order chi connectivity index (χ1) is 12.4. The van der Waals surface area contributed by atoms with Crippen LogP contribution in [0.2, 0.25) is 15.1 Å². The molecule has 0 amide bonds. The minimum Gasteiger partial charge on any atom is -0.213 e. The largest absolute Gasteiger partial charge is 0.291 e. The molecule has 0 bridgehead atoms. The summed E-state index contributed by atoms with van der Waals surface area (Å²) in [4.78, 5) is 11.5. The first-order valence-corrected chi connectivity index (χ1v) is 10.5. The van der Waals surface area contributed by atoms with E-state index in [1.165, 1.54) is 11.8 Å². The van der Waals surface area contributed by atoms with E-state index in [0.717, 1.165) is 29.3 Å². The van der Waals surface area contributed by atoms with Crippen LogP contribution in [0.3, 0.4) is 0 Å². The molecule has 1 aromatic carbocycles. The second-order valence-electron chi connectivity index (χ2n) is 5.60. The lowest BCUT2D eigenvalue weighted by molar-refractivity contribution is 0.571. The molecule has 137 valence electrons. The van der Waals surface area contributed by atoms with E-state index in [4.69, 9.17) is 39.9 Å². The number of aryl methyl sites for hydroxylation is 1. The summed E-state index contributed by atoms with van der Waals surface area (Å²) < 4.78 is 1.68. The van der Waals surface area contributed by atoms with Gasteiger partial charge in [-0.25, -0.2) is 9.67 Å². The van der Waals surface area contributed by atoms with E-state index < -0.39 is 0 Å². The Morgan fingerprint density at radius 1 is 1.08 bits per heavy atom. The zero-order chi connectivity index (χ0) is 19.0. The number of nitrogens with zero attached hydrogens (tertiary/aromatic N) is 5. The highest BCUT2D eigenvalue weighted by Crippen LogP contribution is 2.38. The topological polar surface area (TPSA) is 49.5 Å². The van der Waals surface area contributed by atoms with Crippen LogP contribution in [0, 0.1) is 6.92 Å². The van der Waals surface area contributed by atoms with Crippen molar-refractivity contribution in [3.05, 3.63) is 33.0 Å². The Morgan fingerprint density at radius 2 is 1.69 bits per heavy atom. The Morgan fingerprint density at radius 3 is 2.23 bits per heavy atom. The van der Waals surface area contributed by atoms with Gasteiger partial charge in [0.2, 0.25) is 0 Å². The van der Waals surface area contributed by atoms with Crippen molar-refractivity contribution in [1.29, 1.82) is 0 Å². The zero-order valence-electron chi connectivity index (χ0n) is 14.8. The SMILES string of the molecule is CC[N+](CC)c1nc(C)nc2c1c(SC)nn2-c1c(Cl)cc(Cl)cc1Cl. The fraction of sp³-hybridized carbons (Fsp3) is 0.353. The summed E-state index contributed by atoms with van der Waals surface area (Å²) in [6.45, 7) is 7.74. The molecule has 5 nitrogen and oxygen atoms in total. The number of hydrogen-bond acceptors (Lipinski definition) is 5. The molecule has 0 saturated carbocycles. The normalized spacial score (nSPS) is 11.7. The van der Waals surface area contributed by atoms with E-state index in [1.807, 2.05) is 13.2 Å². The number of thioether (sulfide) groups is 1. The summed E-state index contributed by atoms with van der Waals surface area (Å²) in [5.74, 6) is 1.53. The van der Waals surface area contributed by atoms with Crippen molar-refractivity contribution >= 4 is 63.4 Å². The number of hydrogen-bond donors (Lipinski definition) is 0. The molecule has 3 aromatic rings. The smallest absolute Gasteiger partial charge is 0.213 e. The van der Waals surface area contributed by atoms with Gasteiger partial charge in [0.05, 0.1) is 10.0 Å². The third-order valence-corrected chi connectivity index (χ3v) is 5.50. The molecule has 0 fully saturated rings. The monoisotopic (exact) mass is 429 g/mol. The van der Waals surface area contributed by atoms with Gasteiger partial charge in [-0.1, -0.05) is 34.8 Å². The first kappa shape index (κ1) is 19.7. The van der Waals surface area contributed by atoms with Crippen molar-refractivity contribution in [2.45, 2.75) is 25.8 Å². The standard InChI is InChI=1S/C17H18Cl3N5S/c1-5-24(6-2)15-13-16(22-9(3)21-15)25(23-17(13)26-4)14-11(19)7-10(18)8-12(14)20/h7-8H,5-6H2,1-4H3/q+1. The predicted octanol–water partition coefficient (Wildman–Crippen LogP) is 5.62. The van der Waals surface area contributed by atoms with Crippen LogP contribution in [-0.2, 0) is 0 Å². The minimum absolute atomic E-state index is 0.417. The third kappa shape index (κ3) is 3.41. The third-order valence-electron chi connectivity index (χ3n) is 4.04. The number of rotatable bonds is 5. The van der Waals surface area contributed by atoms with Gasteiger partial charge in [0.15, 0.2) is 5.65 Å². The van der Waals surface area contributed by atoms with Gasteiger partial charge in [0, 0.05) is 5.02 Å². The van der Waals surface area contributed by atoms with Gasteiger partial charge in [-0.05, 0) is 39.2 Å². The van der Waals surface area contributed by atoms with Crippen LogP contribution >= 0.6 is 46.6 Å². The highest BCUT2D eigenvalue weighted by Gasteiger charge is 2.28. The van der Waals surface area contributed by atoms with Crippen molar-refractivity contribution in [3.63, 3.8) is 0 Å². The predicted molar refractivity (Wildman–Crippen MR) is 111 cm³/mol. The van der Waals surface area contributed by atoms with Crippen LogP contribution in [-0.4, -0.2) is 39.1 Å². The molecule has 2 aromatic heterocycles. The van der Waals surface area contributed by atoms with Gasteiger partial charge in [-0.15, -0.1) is 16.7 Å². The van der Waals surface area contributed by atoms with E-state index in [2.05, 4.69) is 28.7 Å². The molecule has 26 heavy (non-hydrogen) atoms. The minimum atomic E-state index is 0.417. The van der Waals surface area contributed by atoms with E-state index in [0.29, 0.717) is 32.2 Å². The molecule has 0 N–H and O–H groups in total. The zero-order valence-corrected chi connectivity index (χ0v) is 17.9. The number of benzene rings is 1. The average molecular weight is 431 g/mol. The van der Waals surface area contributed by atoms with Crippen molar-refractivity contribution in [2.75, 3.05) is 19.3 Å². The number of aromatic nitrogens is 4. The molecule has 1 radical (unpaired) electrons. The lowest BCUT2D eigenvalue weighted by Gasteiger charge is -2.10.